The van der Waals surface area contributed by atoms with E-state index in [9.17, 15) is 4.79 Å². The Morgan fingerprint density at radius 1 is 1.33 bits per heavy atom. The van der Waals surface area contributed by atoms with E-state index in [4.69, 9.17) is 9.15 Å². The number of benzene rings is 1. The zero-order valence-electron chi connectivity index (χ0n) is 8.27. The standard InChI is InChI=1S/C12H10O3/c1-14-11-5-4-9(7-10(11)8-13)12-3-2-6-15-12/h2-8H,1H3. The highest BCUT2D eigenvalue weighted by Crippen LogP contribution is 2.25. The fourth-order valence-corrected chi connectivity index (χ4v) is 1.42. The quantitative estimate of drug-likeness (QED) is 0.718. The highest BCUT2D eigenvalue weighted by atomic mass is 16.5. The molecule has 0 unspecified atom stereocenters. The van der Waals surface area contributed by atoms with Gasteiger partial charge in [-0.3, -0.25) is 4.79 Å². The summed E-state index contributed by atoms with van der Waals surface area (Å²) in [6, 6.07) is 8.99. The molecule has 3 heteroatoms. The Kier molecular flexibility index (Phi) is 2.54. The van der Waals surface area contributed by atoms with E-state index in [0.717, 1.165) is 17.6 Å². The second-order valence-corrected chi connectivity index (χ2v) is 3.05. The molecule has 76 valence electrons. The average molecular weight is 202 g/mol. The maximum atomic E-state index is 10.8. The Hall–Kier alpha value is -2.03. The Bertz CT molecular complexity index is 458. The van der Waals surface area contributed by atoms with Gasteiger partial charge in [-0.15, -0.1) is 0 Å². The molecule has 0 aliphatic carbocycles. The molecule has 0 bridgehead atoms. The van der Waals surface area contributed by atoms with Crippen molar-refractivity contribution in [2.45, 2.75) is 0 Å². The van der Waals surface area contributed by atoms with E-state index in [1.807, 2.05) is 12.1 Å². The summed E-state index contributed by atoms with van der Waals surface area (Å²) < 4.78 is 10.3. The summed E-state index contributed by atoms with van der Waals surface area (Å²) in [5.41, 5.74) is 1.38. The highest BCUT2D eigenvalue weighted by molar-refractivity contribution is 5.82. The van der Waals surface area contributed by atoms with Gasteiger partial charge in [-0.25, -0.2) is 0 Å². The number of ether oxygens (including phenoxy) is 1. The highest BCUT2D eigenvalue weighted by Gasteiger charge is 2.06. The molecule has 0 N–H and O–H groups in total. The minimum Gasteiger partial charge on any atom is -0.496 e. The van der Waals surface area contributed by atoms with Gasteiger partial charge in [0.25, 0.3) is 0 Å². The van der Waals surface area contributed by atoms with Gasteiger partial charge in [0.2, 0.25) is 0 Å². The van der Waals surface area contributed by atoms with E-state index in [0.29, 0.717) is 11.3 Å². The van der Waals surface area contributed by atoms with Gasteiger partial charge in [0.05, 0.1) is 18.9 Å². The van der Waals surface area contributed by atoms with Gasteiger partial charge < -0.3 is 9.15 Å². The summed E-state index contributed by atoms with van der Waals surface area (Å²) >= 11 is 0. The maximum absolute atomic E-state index is 10.8. The molecule has 0 saturated carbocycles. The van der Waals surface area contributed by atoms with E-state index in [1.54, 1.807) is 24.5 Å². The zero-order chi connectivity index (χ0) is 10.7. The lowest BCUT2D eigenvalue weighted by atomic mass is 10.1. The first-order valence-corrected chi connectivity index (χ1v) is 4.52. The molecule has 1 aromatic heterocycles. The van der Waals surface area contributed by atoms with Crippen molar-refractivity contribution >= 4 is 6.29 Å². The molecule has 15 heavy (non-hydrogen) atoms. The van der Waals surface area contributed by atoms with Crippen LogP contribution in [-0.2, 0) is 0 Å². The molecular weight excluding hydrogens is 192 g/mol. The predicted octanol–water partition coefficient (Wildman–Crippen LogP) is 2.77. The zero-order valence-corrected chi connectivity index (χ0v) is 8.27. The molecule has 0 amide bonds. The van der Waals surface area contributed by atoms with Gasteiger partial charge in [-0.2, -0.15) is 0 Å². The van der Waals surface area contributed by atoms with Crippen molar-refractivity contribution in [3.05, 3.63) is 42.2 Å². The van der Waals surface area contributed by atoms with Crippen molar-refractivity contribution in [2.75, 3.05) is 7.11 Å². The molecule has 0 aliphatic heterocycles. The van der Waals surface area contributed by atoms with Crippen molar-refractivity contribution in [3.8, 4) is 17.1 Å². The SMILES string of the molecule is COc1ccc(-c2ccco2)cc1C=O. The van der Waals surface area contributed by atoms with Crippen LogP contribution >= 0.6 is 0 Å². The van der Waals surface area contributed by atoms with Crippen LogP contribution in [0.4, 0.5) is 0 Å². The number of carbonyl (C=O) groups excluding carboxylic acids is 1. The topological polar surface area (TPSA) is 39.4 Å². The monoisotopic (exact) mass is 202 g/mol. The summed E-state index contributed by atoms with van der Waals surface area (Å²) in [6.07, 6.45) is 2.37. The molecule has 2 aromatic rings. The molecule has 3 nitrogen and oxygen atoms in total. The third-order valence-electron chi connectivity index (χ3n) is 2.16. The fraction of sp³-hybridized carbons (Fsp3) is 0.0833. The molecule has 2 rings (SSSR count). The van der Waals surface area contributed by atoms with Crippen LogP contribution in [0.5, 0.6) is 5.75 Å². The first kappa shape index (κ1) is 9.52. The van der Waals surface area contributed by atoms with E-state index in [2.05, 4.69) is 0 Å². The fourth-order valence-electron chi connectivity index (χ4n) is 1.42. The van der Waals surface area contributed by atoms with Crippen molar-refractivity contribution in [1.82, 2.24) is 0 Å². The van der Waals surface area contributed by atoms with Gasteiger partial charge in [0.1, 0.15) is 11.5 Å². The number of carbonyl (C=O) groups is 1. The number of aldehydes is 1. The van der Waals surface area contributed by atoms with E-state index in [-0.39, 0.29) is 0 Å². The molecule has 0 atom stereocenters. The van der Waals surface area contributed by atoms with Gasteiger partial charge >= 0.3 is 0 Å². The molecule has 0 spiro atoms. The van der Waals surface area contributed by atoms with Crippen LogP contribution in [0.25, 0.3) is 11.3 Å². The van der Waals surface area contributed by atoms with Crippen LogP contribution < -0.4 is 4.74 Å². The molecule has 0 radical (unpaired) electrons. The Balaban J connectivity index is 2.48. The third kappa shape index (κ3) is 1.76. The van der Waals surface area contributed by atoms with Gasteiger partial charge in [-0.1, -0.05) is 0 Å². The minimum atomic E-state index is 0.520. The van der Waals surface area contributed by atoms with Gasteiger partial charge in [0.15, 0.2) is 6.29 Å². The van der Waals surface area contributed by atoms with Crippen molar-refractivity contribution in [3.63, 3.8) is 0 Å². The van der Waals surface area contributed by atoms with Crippen molar-refractivity contribution < 1.29 is 13.9 Å². The van der Waals surface area contributed by atoms with Crippen LogP contribution in [0.15, 0.2) is 41.0 Å². The summed E-state index contributed by atoms with van der Waals surface area (Å²) in [5, 5.41) is 0. The normalized spacial score (nSPS) is 9.93. The Morgan fingerprint density at radius 2 is 2.20 bits per heavy atom. The predicted molar refractivity (Wildman–Crippen MR) is 56.1 cm³/mol. The number of hydrogen-bond donors (Lipinski definition) is 0. The van der Waals surface area contributed by atoms with Crippen LogP contribution in [0, 0.1) is 0 Å². The van der Waals surface area contributed by atoms with Gasteiger partial charge in [0, 0.05) is 5.56 Å². The Morgan fingerprint density at radius 3 is 2.80 bits per heavy atom. The summed E-state index contributed by atoms with van der Waals surface area (Å²) in [5.74, 6) is 1.31. The second-order valence-electron chi connectivity index (χ2n) is 3.05. The average Bonchev–Trinajstić information content (AvgIpc) is 2.81. The molecule has 0 fully saturated rings. The first-order chi connectivity index (χ1) is 7.35. The number of hydrogen-bond acceptors (Lipinski definition) is 3. The van der Waals surface area contributed by atoms with Crippen molar-refractivity contribution in [1.29, 1.82) is 0 Å². The third-order valence-corrected chi connectivity index (χ3v) is 2.16. The minimum absolute atomic E-state index is 0.520. The molecule has 1 aromatic carbocycles. The molecular formula is C12H10O3. The van der Waals surface area contributed by atoms with Crippen LogP contribution in [0.2, 0.25) is 0 Å². The van der Waals surface area contributed by atoms with Crippen LogP contribution in [0.1, 0.15) is 10.4 Å². The van der Waals surface area contributed by atoms with Gasteiger partial charge in [-0.05, 0) is 30.3 Å². The van der Waals surface area contributed by atoms with E-state index in [1.165, 1.54) is 7.11 Å². The number of methoxy groups -OCH3 is 1. The number of rotatable bonds is 3. The molecule has 0 aliphatic rings. The summed E-state index contributed by atoms with van der Waals surface area (Å²) in [7, 11) is 1.54. The molecule has 1 heterocycles. The molecule has 0 saturated heterocycles. The second kappa shape index (κ2) is 4.00. The summed E-state index contributed by atoms with van der Waals surface area (Å²) in [4.78, 5) is 10.8. The summed E-state index contributed by atoms with van der Waals surface area (Å²) in [6.45, 7) is 0. The smallest absolute Gasteiger partial charge is 0.153 e. The first-order valence-electron chi connectivity index (χ1n) is 4.52. The van der Waals surface area contributed by atoms with Crippen molar-refractivity contribution in [2.24, 2.45) is 0 Å². The Labute approximate surface area is 87.3 Å². The lowest BCUT2D eigenvalue weighted by Gasteiger charge is -2.04. The largest absolute Gasteiger partial charge is 0.496 e. The van der Waals surface area contributed by atoms with Crippen LogP contribution in [-0.4, -0.2) is 13.4 Å². The lowest BCUT2D eigenvalue weighted by molar-refractivity contribution is 0.112. The van der Waals surface area contributed by atoms with Crippen LogP contribution in [0.3, 0.4) is 0 Å². The maximum Gasteiger partial charge on any atom is 0.153 e. The van der Waals surface area contributed by atoms with E-state index < -0.39 is 0 Å². The number of furan rings is 1. The van der Waals surface area contributed by atoms with E-state index >= 15 is 0 Å². The lowest BCUT2D eigenvalue weighted by Crippen LogP contribution is -1.90.